The Labute approximate surface area is 94.8 Å². The van der Waals surface area contributed by atoms with Crippen molar-refractivity contribution in [3.05, 3.63) is 34.9 Å². The van der Waals surface area contributed by atoms with Crippen molar-refractivity contribution in [2.75, 3.05) is 14.1 Å². The number of halogens is 1. The van der Waals surface area contributed by atoms with Crippen LogP contribution in [0.2, 0.25) is 5.02 Å². The summed E-state index contributed by atoms with van der Waals surface area (Å²) >= 11 is 5.75. The first kappa shape index (κ1) is 12.0. The average molecular weight is 227 g/mol. The maximum atomic E-state index is 11.5. The largest absolute Gasteiger partial charge is 0.347 e. The second-order valence-electron chi connectivity index (χ2n) is 3.67. The van der Waals surface area contributed by atoms with E-state index in [0.717, 1.165) is 5.56 Å². The second kappa shape index (κ2) is 5.14. The standard InChI is InChI=1S/C11H15ClN2O/c1-14(2)11(15)10(13)7-8-3-5-9(12)6-4-8/h3-6,10H,7,13H2,1-2H3/t10-/m0/s1. The molecule has 0 spiro atoms. The highest BCUT2D eigenvalue weighted by Crippen LogP contribution is 2.10. The van der Waals surface area contributed by atoms with Crippen LogP contribution in [0.4, 0.5) is 0 Å². The third kappa shape index (κ3) is 3.53. The number of hydrogen-bond acceptors (Lipinski definition) is 2. The maximum Gasteiger partial charge on any atom is 0.239 e. The summed E-state index contributed by atoms with van der Waals surface area (Å²) in [5.74, 6) is -0.0649. The number of carbonyl (C=O) groups excluding carboxylic acids is 1. The number of amides is 1. The van der Waals surface area contributed by atoms with Crippen molar-refractivity contribution in [3.63, 3.8) is 0 Å². The molecule has 0 radical (unpaired) electrons. The maximum absolute atomic E-state index is 11.5. The van der Waals surface area contributed by atoms with Crippen molar-refractivity contribution in [2.45, 2.75) is 12.5 Å². The van der Waals surface area contributed by atoms with Crippen LogP contribution in [0.3, 0.4) is 0 Å². The Morgan fingerprint density at radius 2 is 1.93 bits per heavy atom. The van der Waals surface area contributed by atoms with E-state index in [1.54, 1.807) is 26.2 Å². The molecule has 0 heterocycles. The number of nitrogens with two attached hydrogens (primary N) is 1. The average Bonchev–Trinajstić information content (AvgIpc) is 2.20. The molecule has 0 bridgehead atoms. The Hall–Kier alpha value is -1.06. The second-order valence-corrected chi connectivity index (χ2v) is 4.11. The number of carbonyl (C=O) groups is 1. The van der Waals surface area contributed by atoms with Gasteiger partial charge in [-0.15, -0.1) is 0 Å². The van der Waals surface area contributed by atoms with Gasteiger partial charge in [0.25, 0.3) is 0 Å². The molecule has 4 heteroatoms. The Morgan fingerprint density at radius 1 is 1.40 bits per heavy atom. The molecule has 3 nitrogen and oxygen atoms in total. The summed E-state index contributed by atoms with van der Waals surface area (Å²) < 4.78 is 0. The summed E-state index contributed by atoms with van der Waals surface area (Å²) in [5, 5.41) is 0.686. The zero-order chi connectivity index (χ0) is 11.4. The molecule has 82 valence electrons. The lowest BCUT2D eigenvalue weighted by Crippen LogP contribution is -2.41. The highest BCUT2D eigenvalue weighted by atomic mass is 35.5. The van der Waals surface area contributed by atoms with Crippen LogP contribution in [0, 0.1) is 0 Å². The van der Waals surface area contributed by atoms with E-state index in [9.17, 15) is 4.79 Å². The molecular weight excluding hydrogens is 212 g/mol. The van der Waals surface area contributed by atoms with Gasteiger partial charge in [0.1, 0.15) is 0 Å². The van der Waals surface area contributed by atoms with Crippen LogP contribution in [0.25, 0.3) is 0 Å². The highest BCUT2D eigenvalue weighted by Gasteiger charge is 2.15. The lowest BCUT2D eigenvalue weighted by Gasteiger charge is -2.16. The van der Waals surface area contributed by atoms with Gasteiger partial charge in [-0.25, -0.2) is 0 Å². The van der Waals surface area contributed by atoms with E-state index in [1.165, 1.54) is 4.90 Å². The Morgan fingerprint density at radius 3 is 2.40 bits per heavy atom. The summed E-state index contributed by atoms with van der Waals surface area (Å²) in [4.78, 5) is 13.0. The van der Waals surface area contributed by atoms with Crippen molar-refractivity contribution in [2.24, 2.45) is 5.73 Å². The van der Waals surface area contributed by atoms with E-state index < -0.39 is 6.04 Å². The molecule has 0 saturated heterocycles. The van der Waals surface area contributed by atoms with Crippen LogP contribution >= 0.6 is 11.6 Å². The molecule has 1 atom stereocenters. The van der Waals surface area contributed by atoms with E-state index in [2.05, 4.69) is 0 Å². The van der Waals surface area contributed by atoms with Gasteiger partial charge in [-0.05, 0) is 24.1 Å². The summed E-state index contributed by atoms with van der Waals surface area (Å²) in [6, 6.07) is 6.87. The van der Waals surface area contributed by atoms with Gasteiger partial charge in [0.05, 0.1) is 6.04 Å². The SMILES string of the molecule is CN(C)C(=O)[C@@H](N)Cc1ccc(Cl)cc1. The number of rotatable bonds is 3. The van der Waals surface area contributed by atoms with Gasteiger partial charge in [-0.3, -0.25) is 4.79 Å². The first-order valence-corrected chi connectivity index (χ1v) is 5.09. The predicted molar refractivity (Wildman–Crippen MR) is 61.8 cm³/mol. The molecule has 15 heavy (non-hydrogen) atoms. The Kier molecular flexibility index (Phi) is 4.12. The molecule has 0 unspecified atom stereocenters. The summed E-state index contributed by atoms with van der Waals surface area (Å²) in [7, 11) is 3.40. The van der Waals surface area contributed by atoms with Crippen molar-refractivity contribution in [1.29, 1.82) is 0 Å². The fraction of sp³-hybridized carbons (Fsp3) is 0.364. The van der Waals surface area contributed by atoms with Crippen LogP contribution in [0.5, 0.6) is 0 Å². The van der Waals surface area contributed by atoms with Crippen LogP contribution in [0.15, 0.2) is 24.3 Å². The van der Waals surface area contributed by atoms with Crippen molar-refractivity contribution < 1.29 is 4.79 Å². The number of hydrogen-bond donors (Lipinski definition) is 1. The fourth-order valence-corrected chi connectivity index (χ4v) is 1.42. The first-order valence-electron chi connectivity index (χ1n) is 4.72. The van der Waals surface area contributed by atoms with Crippen LogP contribution in [-0.4, -0.2) is 30.9 Å². The van der Waals surface area contributed by atoms with Gasteiger partial charge >= 0.3 is 0 Å². The van der Waals surface area contributed by atoms with Gasteiger partial charge < -0.3 is 10.6 Å². The monoisotopic (exact) mass is 226 g/mol. The van der Waals surface area contributed by atoms with E-state index in [-0.39, 0.29) is 5.91 Å². The molecule has 0 aliphatic heterocycles. The first-order chi connectivity index (χ1) is 7.00. The van der Waals surface area contributed by atoms with Crippen molar-refractivity contribution >= 4 is 17.5 Å². The topological polar surface area (TPSA) is 46.3 Å². The number of benzene rings is 1. The van der Waals surface area contributed by atoms with Crippen LogP contribution in [0.1, 0.15) is 5.56 Å². The van der Waals surface area contributed by atoms with Crippen molar-refractivity contribution in [3.8, 4) is 0 Å². The van der Waals surface area contributed by atoms with Gasteiger partial charge in [0.15, 0.2) is 0 Å². The van der Waals surface area contributed by atoms with Crippen molar-refractivity contribution in [1.82, 2.24) is 4.90 Å². The van der Waals surface area contributed by atoms with Crippen LogP contribution < -0.4 is 5.73 Å². The van der Waals surface area contributed by atoms with Gasteiger partial charge in [0, 0.05) is 19.1 Å². The van der Waals surface area contributed by atoms with Gasteiger partial charge in [-0.2, -0.15) is 0 Å². The summed E-state index contributed by atoms with van der Waals surface area (Å²) in [6.07, 6.45) is 0.536. The lowest BCUT2D eigenvalue weighted by molar-refractivity contribution is -0.130. The van der Waals surface area contributed by atoms with E-state index in [1.807, 2.05) is 12.1 Å². The minimum atomic E-state index is -0.485. The molecule has 0 aliphatic carbocycles. The minimum absolute atomic E-state index is 0.0649. The predicted octanol–water partition coefficient (Wildman–Crippen LogP) is 1.30. The molecule has 1 aromatic carbocycles. The number of likely N-dealkylation sites (N-methyl/N-ethyl adjacent to an activating group) is 1. The molecule has 1 amide bonds. The number of nitrogens with zero attached hydrogens (tertiary/aromatic N) is 1. The van der Waals surface area contributed by atoms with E-state index in [0.29, 0.717) is 11.4 Å². The molecule has 1 rings (SSSR count). The minimum Gasteiger partial charge on any atom is -0.347 e. The zero-order valence-corrected chi connectivity index (χ0v) is 9.66. The van der Waals surface area contributed by atoms with Crippen LogP contribution in [-0.2, 0) is 11.2 Å². The zero-order valence-electron chi connectivity index (χ0n) is 8.90. The third-order valence-corrected chi connectivity index (χ3v) is 2.38. The van der Waals surface area contributed by atoms with Gasteiger partial charge in [-0.1, -0.05) is 23.7 Å². The molecule has 0 fully saturated rings. The Bertz CT molecular complexity index is 335. The normalized spacial score (nSPS) is 12.3. The molecule has 0 saturated carbocycles. The fourth-order valence-electron chi connectivity index (χ4n) is 1.29. The molecule has 1 aromatic rings. The summed E-state index contributed by atoms with van der Waals surface area (Å²) in [6.45, 7) is 0. The van der Waals surface area contributed by atoms with E-state index >= 15 is 0 Å². The smallest absolute Gasteiger partial charge is 0.239 e. The molecular formula is C11H15ClN2O. The third-order valence-electron chi connectivity index (χ3n) is 2.13. The molecule has 0 aromatic heterocycles. The highest BCUT2D eigenvalue weighted by molar-refractivity contribution is 6.30. The lowest BCUT2D eigenvalue weighted by atomic mass is 10.1. The molecule has 2 N–H and O–H groups in total. The van der Waals surface area contributed by atoms with E-state index in [4.69, 9.17) is 17.3 Å². The van der Waals surface area contributed by atoms with Gasteiger partial charge in [0.2, 0.25) is 5.91 Å². The summed E-state index contributed by atoms with van der Waals surface area (Å²) in [5.41, 5.74) is 6.78. The Balaban J connectivity index is 2.62. The molecule has 0 aliphatic rings. The quantitative estimate of drug-likeness (QED) is 0.845.